The highest BCUT2D eigenvalue weighted by Crippen LogP contribution is 2.17. The first-order valence-electron chi connectivity index (χ1n) is 32.1. The first-order valence-corrected chi connectivity index (χ1v) is 32.1. The van der Waals surface area contributed by atoms with Crippen LogP contribution in [0.25, 0.3) is 0 Å². The van der Waals surface area contributed by atoms with Crippen LogP contribution in [0.5, 0.6) is 0 Å². The van der Waals surface area contributed by atoms with Crippen molar-refractivity contribution in [3.8, 4) is 0 Å². The van der Waals surface area contributed by atoms with Crippen molar-refractivity contribution < 1.29 is 28.6 Å². The fourth-order valence-electron chi connectivity index (χ4n) is 9.09. The number of esters is 3. The van der Waals surface area contributed by atoms with Gasteiger partial charge in [-0.15, -0.1) is 0 Å². The van der Waals surface area contributed by atoms with Gasteiger partial charge in [-0.25, -0.2) is 0 Å². The monoisotopic (exact) mass is 1040 g/mol. The van der Waals surface area contributed by atoms with E-state index in [1.54, 1.807) is 0 Å². The third kappa shape index (κ3) is 61.3. The Morgan fingerprint density at radius 1 is 0.280 bits per heavy atom. The molecule has 0 rings (SSSR count). The average molecular weight is 1050 g/mol. The Kier molecular flexibility index (Phi) is 60.3. The van der Waals surface area contributed by atoms with E-state index in [4.69, 9.17) is 14.2 Å². The van der Waals surface area contributed by atoms with E-state index in [2.05, 4.69) is 106 Å². The Morgan fingerprint density at radius 2 is 0.520 bits per heavy atom. The summed E-state index contributed by atoms with van der Waals surface area (Å²) in [6.07, 6.45) is 83.3. The van der Waals surface area contributed by atoms with Gasteiger partial charge < -0.3 is 14.2 Å². The third-order valence-corrected chi connectivity index (χ3v) is 13.9. The first-order chi connectivity index (χ1) is 37.0. The van der Waals surface area contributed by atoms with Gasteiger partial charge in [0, 0.05) is 19.3 Å². The van der Waals surface area contributed by atoms with Crippen LogP contribution in [0.15, 0.2) is 85.1 Å². The number of allylic oxidation sites excluding steroid dienone is 14. The fourth-order valence-corrected chi connectivity index (χ4v) is 9.09. The zero-order valence-electron chi connectivity index (χ0n) is 49.6. The van der Waals surface area contributed by atoms with Crippen LogP contribution in [-0.2, 0) is 28.6 Å². The van der Waals surface area contributed by atoms with Gasteiger partial charge in [-0.1, -0.05) is 286 Å². The van der Waals surface area contributed by atoms with E-state index < -0.39 is 6.10 Å². The zero-order chi connectivity index (χ0) is 54.3. The molecule has 75 heavy (non-hydrogen) atoms. The van der Waals surface area contributed by atoms with Crippen LogP contribution in [-0.4, -0.2) is 37.2 Å². The normalized spacial score (nSPS) is 12.6. The van der Waals surface area contributed by atoms with Gasteiger partial charge in [0.2, 0.25) is 0 Å². The standard InChI is InChI=1S/C69H120O6/c1-4-7-10-13-16-19-21-23-25-27-28-29-30-31-32-33-34-35-36-37-38-39-40-41-42-43-45-46-48-50-53-56-59-62-68(71)74-65-66(64-73-67(70)61-58-55-52-18-15-12-9-6-3)75-69(72)63-60-57-54-51-49-47-44-26-24-22-20-17-14-11-8-5-2/h7,10,16,19-20,22-23,25-26,28-29,31-32,44,66H,4-6,8-9,11-15,17-18,21,24,27,30,33-43,45-65H2,1-3H3/b10-7-,19-16-,22-20-,25-23-,29-28-,32-31-,44-26-. The fraction of sp³-hybridized carbons (Fsp3) is 0.754. The number of carbonyl (C=O) groups is 3. The van der Waals surface area contributed by atoms with Gasteiger partial charge in [0.25, 0.3) is 0 Å². The van der Waals surface area contributed by atoms with Gasteiger partial charge in [-0.2, -0.15) is 0 Å². The van der Waals surface area contributed by atoms with Crippen LogP contribution in [0.4, 0.5) is 0 Å². The summed E-state index contributed by atoms with van der Waals surface area (Å²) in [5.74, 6) is -0.884. The minimum absolute atomic E-state index is 0.0779. The largest absolute Gasteiger partial charge is 0.462 e. The van der Waals surface area contributed by atoms with Crippen LogP contribution in [0.3, 0.4) is 0 Å². The lowest BCUT2D eigenvalue weighted by Crippen LogP contribution is -2.30. The zero-order valence-corrected chi connectivity index (χ0v) is 49.6. The van der Waals surface area contributed by atoms with Crippen LogP contribution >= 0.6 is 0 Å². The quantitative estimate of drug-likeness (QED) is 0.0261. The van der Waals surface area contributed by atoms with Crippen LogP contribution in [0.2, 0.25) is 0 Å². The number of unbranched alkanes of at least 4 members (excludes halogenated alkanes) is 33. The highest BCUT2D eigenvalue weighted by atomic mass is 16.6. The van der Waals surface area contributed by atoms with E-state index >= 15 is 0 Å². The minimum Gasteiger partial charge on any atom is -0.462 e. The summed E-state index contributed by atoms with van der Waals surface area (Å²) in [6.45, 7) is 6.49. The summed E-state index contributed by atoms with van der Waals surface area (Å²) in [5.41, 5.74) is 0. The molecule has 0 N–H and O–H groups in total. The molecule has 432 valence electrons. The Balaban J connectivity index is 4.06. The van der Waals surface area contributed by atoms with Crippen LogP contribution in [0, 0.1) is 0 Å². The molecule has 1 atom stereocenters. The molecule has 0 spiro atoms. The molecule has 1 unspecified atom stereocenters. The smallest absolute Gasteiger partial charge is 0.306 e. The van der Waals surface area contributed by atoms with Crippen molar-refractivity contribution in [2.24, 2.45) is 0 Å². The lowest BCUT2D eigenvalue weighted by molar-refractivity contribution is -0.167. The lowest BCUT2D eigenvalue weighted by atomic mass is 10.0. The van der Waals surface area contributed by atoms with Crippen molar-refractivity contribution >= 4 is 17.9 Å². The molecule has 6 heteroatoms. The van der Waals surface area contributed by atoms with E-state index in [-0.39, 0.29) is 31.1 Å². The molecule has 0 heterocycles. The van der Waals surface area contributed by atoms with Crippen molar-refractivity contribution in [2.75, 3.05) is 13.2 Å². The molecule has 0 fully saturated rings. The van der Waals surface area contributed by atoms with Crippen molar-refractivity contribution in [1.29, 1.82) is 0 Å². The predicted molar refractivity (Wildman–Crippen MR) is 325 cm³/mol. The number of hydrogen-bond acceptors (Lipinski definition) is 6. The van der Waals surface area contributed by atoms with Gasteiger partial charge in [0.05, 0.1) is 0 Å². The van der Waals surface area contributed by atoms with Crippen molar-refractivity contribution in [3.63, 3.8) is 0 Å². The van der Waals surface area contributed by atoms with E-state index in [1.807, 2.05) is 0 Å². The summed E-state index contributed by atoms with van der Waals surface area (Å²) >= 11 is 0. The van der Waals surface area contributed by atoms with Crippen molar-refractivity contribution in [1.82, 2.24) is 0 Å². The summed E-state index contributed by atoms with van der Waals surface area (Å²) in [7, 11) is 0. The Hall–Kier alpha value is -3.41. The minimum atomic E-state index is -0.779. The lowest BCUT2D eigenvalue weighted by Gasteiger charge is -2.18. The molecular formula is C69H120O6. The van der Waals surface area contributed by atoms with Gasteiger partial charge in [-0.05, 0) is 96.3 Å². The molecule has 0 aromatic heterocycles. The molecule has 0 bridgehead atoms. The molecule has 0 aliphatic carbocycles. The summed E-state index contributed by atoms with van der Waals surface area (Å²) < 4.78 is 16.8. The van der Waals surface area contributed by atoms with Crippen molar-refractivity contribution in [2.45, 2.75) is 322 Å². The summed E-state index contributed by atoms with van der Waals surface area (Å²) in [4.78, 5) is 38.1. The van der Waals surface area contributed by atoms with E-state index in [0.29, 0.717) is 19.3 Å². The second-order valence-corrected chi connectivity index (χ2v) is 21.3. The van der Waals surface area contributed by atoms with Crippen LogP contribution < -0.4 is 0 Å². The summed E-state index contributed by atoms with van der Waals surface area (Å²) in [5, 5.41) is 0. The molecule has 6 nitrogen and oxygen atoms in total. The van der Waals surface area contributed by atoms with E-state index in [9.17, 15) is 14.4 Å². The molecular weight excluding hydrogens is 925 g/mol. The SMILES string of the molecule is CC/C=C\C/C=C\C/C=C\C/C=C\C/C=C\CCCCCCCCCCCCCCCCCCCC(=O)OCC(COC(=O)CCCCCCCCCC)OC(=O)CCCCCCC/C=C\C/C=C\CCCCCC. The molecule has 0 amide bonds. The second kappa shape index (κ2) is 63.1. The maximum atomic E-state index is 12.8. The Bertz CT molecular complexity index is 1430. The van der Waals surface area contributed by atoms with Gasteiger partial charge in [0.1, 0.15) is 13.2 Å². The highest BCUT2D eigenvalue weighted by Gasteiger charge is 2.19. The second-order valence-electron chi connectivity index (χ2n) is 21.3. The summed E-state index contributed by atoms with van der Waals surface area (Å²) in [6, 6.07) is 0. The van der Waals surface area contributed by atoms with E-state index in [0.717, 1.165) is 116 Å². The molecule has 0 aliphatic heterocycles. The number of ether oxygens (including phenoxy) is 3. The van der Waals surface area contributed by atoms with Crippen LogP contribution in [0.1, 0.15) is 316 Å². The Labute approximate surface area is 465 Å². The highest BCUT2D eigenvalue weighted by molar-refractivity contribution is 5.71. The van der Waals surface area contributed by atoms with Gasteiger partial charge >= 0.3 is 17.9 Å². The number of hydrogen-bond donors (Lipinski definition) is 0. The molecule has 0 aromatic rings. The first kappa shape index (κ1) is 71.6. The molecule has 0 saturated heterocycles. The topological polar surface area (TPSA) is 78.9 Å². The van der Waals surface area contributed by atoms with Crippen molar-refractivity contribution in [3.05, 3.63) is 85.1 Å². The maximum absolute atomic E-state index is 12.8. The number of rotatable bonds is 58. The Morgan fingerprint density at radius 3 is 0.827 bits per heavy atom. The predicted octanol–water partition coefficient (Wildman–Crippen LogP) is 21.9. The molecule has 0 radical (unpaired) electrons. The average Bonchev–Trinajstić information content (AvgIpc) is 3.41. The molecule has 0 saturated carbocycles. The molecule has 0 aliphatic rings. The number of carbonyl (C=O) groups excluding carboxylic acids is 3. The maximum Gasteiger partial charge on any atom is 0.306 e. The van der Waals surface area contributed by atoms with E-state index in [1.165, 1.54) is 161 Å². The van der Waals surface area contributed by atoms with Gasteiger partial charge in [-0.3, -0.25) is 14.4 Å². The third-order valence-electron chi connectivity index (χ3n) is 13.9. The van der Waals surface area contributed by atoms with Gasteiger partial charge in [0.15, 0.2) is 6.10 Å². The molecule has 0 aromatic carbocycles.